The first kappa shape index (κ1) is 13.4. The van der Waals surface area contributed by atoms with Crippen molar-refractivity contribution in [2.24, 2.45) is 0 Å². The Morgan fingerprint density at radius 2 is 2.12 bits per heavy atom. The van der Waals surface area contributed by atoms with Crippen LogP contribution in [0.2, 0.25) is 0 Å². The fraction of sp³-hybridized carbons (Fsp3) is 0.900. The zero-order valence-corrected chi connectivity index (χ0v) is 9.39. The van der Waals surface area contributed by atoms with Gasteiger partial charge < -0.3 is 20.3 Å². The molecule has 6 heteroatoms. The number of hydrogen-bond donors (Lipinski definition) is 3. The van der Waals surface area contributed by atoms with E-state index < -0.39 is 12.1 Å². The minimum absolute atomic E-state index is 0.204. The Morgan fingerprint density at radius 1 is 1.44 bits per heavy atom. The average Bonchev–Trinajstić information content (AvgIpc) is 2.25. The van der Waals surface area contributed by atoms with E-state index in [1.54, 1.807) is 0 Å². The number of rotatable bonds is 7. The van der Waals surface area contributed by atoms with Crippen LogP contribution in [0.25, 0.3) is 0 Å². The molecule has 0 aromatic carbocycles. The first-order valence-corrected chi connectivity index (χ1v) is 5.59. The molecule has 1 aliphatic heterocycles. The van der Waals surface area contributed by atoms with Crippen LogP contribution in [0.4, 0.5) is 0 Å². The van der Waals surface area contributed by atoms with Gasteiger partial charge in [-0.25, -0.2) is 0 Å². The highest BCUT2D eigenvalue weighted by atomic mass is 16.5. The average molecular weight is 232 g/mol. The van der Waals surface area contributed by atoms with Gasteiger partial charge in [0.25, 0.3) is 0 Å². The Bertz CT molecular complexity index is 207. The molecule has 1 aliphatic rings. The molecule has 0 radical (unpaired) electrons. The van der Waals surface area contributed by atoms with Crippen LogP contribution in [0, 0.1) is 0 Å². The van der Waals surface area contributed by atoms with Gasteiger partial charge >= 0.3 is 5.97 Å². The van der Waals surface area contributed by atoms with E-state index in [9.17, 15) is 9.90 Å². The van der Waals surface area contributed by atoms with E-state index in [2.05, 4.69) is 10.2 Å². The molecule has 1 fully saturated rings. The summed E-state index contributed by atoms with van der Waals surface area (Å²) >= 11 is 0. The number of nitrogens with one attached hydrogen (secondary N) is 1. The van der Waals surface area contributed by atoms with Crippen molar-refractivity contribution >= 4 is 5.97 Å². The molecule has 16 heavy (non-hydrogen) atoms. The van der Waals surface area contributed by atoms with Crippen LogP contribution in [0.3, 0.4) is 0 Å². The molecule has 1 unspecified atom stereocenters. The van der Waals surface area contributed by atoms with Crippen molar-refractivity contribution in [2.75, 3.05) is 45.9 Å². The van der Waals surface area contributed by atoms with Gasteiger partial charge in [-0.2, -0.15) is 0 Å². The number of aliphatic hydroxyl groups excluding tert-OH is 1. The predicted octanol–water partition coefficient (Wildman–Crippen LogP) is -1.26. The second-order valence-electron chi connectivity index (χ2n) is 3.91. The van der Waals surface area contributed by atoms with Gasteiger partial charge in [0.1, 0.15) is 0 Å². The van der Waals surface area contributed by atoms with E-state index in [1.807, 2.05) is 0 Å². The van der Waals surface area contributed by atoms with Crippen molar-refractivity contribution in [3.05, 3.63) is 0 Å². The monoisotopic (exact) mass is 232 g/mol. The van der Waals surface area contributed by atoms with Gasteiger partial charge in [0.05, 0.1) is 25.7 Å². The second-order valence-corrected chi connectivity index (χ2v) is 3.91. The number of carboxylic acid groups (broad SMARTS) is 1. The second kappa shape index (κ2) is 7.56. The number of carbonyl (C=O) groups is 1. The van der Waals surface area contributed by atoms with Crippen LogP contribution >= 0.6 is 0 Å². The van der Waals surface area contributed by atoms with Crippen molar-refractivity contribution in [1.82, 2.24) is 10.2 Å². The van der Waals surface area contributed by atoms with Crippen LogP contribution < -0.4 is 5.32 Å². The molecule has 1 atom stereocenters. The molecule has 0 bridgehead atoms. The maximum Gasteiger partial charge on any atom is 0.306 e. The summed E-state index contributed by atoms with van der Waals surface area (Å²) in [4.78, 5) is 12.6. The highest BCUT2D eigenvalue weighted by molar-refractivity contribution is 5.67. The van der Waals surface area contributed by atoms with E-state index in [4.69, 9.17) is 9.84 Å². The van der Waals surface area contributed by atoms with E-state index in [-0.39, 0.29) is 6.42 Å². The SMILES string of the molecule is O=C(O)CC(O)CNCCN1CCOCC1. The van der Waals surface area contributed by atoms with Crippen molar-refractivity contribution in [3.63, 3.8) is 0 Å². The Morgan fingerprint density at radius 3 is 2.75 bits per heavy atom. The number of morpholine rings is 1. The topological polar surface area (TPSA) is 82.0 Å². The lowest BCUT2D eigenvalue weighted by Crippen LogP contribution is -2.41. The number of carboxylic acids is 1. The highest BCUT2D eigenvalue weighted by Crippen LogP contribution is 1.95. The van der Waals surface area contributed by atoms with Gasteiger partial charge in [0.15, 0.2) is 0 Å². The number of aliphatic carboxylic acids is 1. The van der Waals surface area contributed by atoms with Gasteiger partial charge in [-0.3, -0.25) is 9.69 Å². The molecule has 1 rings (SSSR count). The van der Waals surface area contributed by atoms with E-state index in [0.29, 0.717) is 6.54 Å². The lowest BCUT2D eigenvalue weighted by Gasteiger charge is -2.26. The third-order valence-corrected chi connectivity index (χ3v) is 2.50. The summed E-state index contributed by atoms with van der Waals surface area (Å²) in [5.74, 6) is -0.970. The van der Waals surface area contributed by atoms with Gasteiger partial charge in [-0.05, 0) is 0 Å². The molecule has 1 heterocycles. The summed E-state index contributed by atoms with van der Waals surface area (Å²) in [6.07, 6.45) is -1.01. The number of nitrogens with zero attached hydrogens (tertiary/aromatic N) is 1. The van der Waals surface area contributed by atoms with Crippen LogP contribution in [0.5, 0.6) is 0 Å². The number of aliphatic hydroxyl groups is 1. The molecule has 0 aliphatic carbocycles. The number of hydrogen-bond acceptors (Lipinski definition) is 5. The molecular formula is C10H20N2O4. The van der Waals surface area contributed by atoms with E-state index in [1.165, 1.54) is 0 Å². The zero-order valence-electron chi connectivity index (χ0n) is 9.39. The molecule has 6 nitrogen and oxygen atoms in total. The summed E-state index contributed by atoms with van der Waals surface area (Å²) in [5.41, 5.74) is 0. The van der Waals surface area contributed by atoms with Crippen LogP contribution in [-0.4, -0.2) is 73.1 Å². The smallest absolute Gasteiger partial charge is 0.306 e. The van der Waals surface area contributed by atoms with Crippen molar-refractivity contribution in [1.29, 1.82) is 0 Å². The highest BCUT2D eigenvalue weighted by Gasteiger charge is 2.11. The first-order chi connectivity index (χ1) is 7.68. The minimum atomic E-state index is -0.970. The lowest BCUT2D eigenvalue weighted by atomic mass is 10.2. The molecule has 0 amide bonds. The van der Waals surface area contributed by atoms with Crippen LogP contribution in [0.1, 0.15) is 6.42 Å². The Labute approximate surface area is 95.2 Å². The van der Waals surface area contributed by atoms with E-state index >= 15 is 0 Å². The normalized spacial score (nSPS) is 19.6. The molecule has 94 valence electrons. The molecule has 0 spiro atoms. The molecule has 0 aromatic rings. The minimum Gasteiger partial charge on any atom is -0.481 e. The van der Waals surface area contributed by atoms with Gasteiger partial charge in [-0.1, -0.05) is 0 Å². The van der Waals surface area contributed by atoms with Crippen molar-refractivity contribution in [2.45, 2.75) is 12.5 Å². The van der Waals surface area contributed by atoms with Gasteiger partial charge in [-0.15, -0.1) is 0 Å². The Hall–Kier alpha value is -0.690. The summed E-state index contributed by atoms with van der Waals surface area (Å²) in [5, 5.41) is 20.8. The molecular weight excluding hydrogens is 212 g/mol. The van der Waals surface area contributed by atoms with Crippen LogP contribution in [-0.2, 0) is 9.53 Å². The lowest BCUT2D eigenvalue weighted by molar-refractivity contribution is -0.139. The third-order valence-electron chi connectivity index (χ3n) is 2.50. The van der Waals surface area contributed by atoms with E-state index in [0.717, 1.165) is 39.4 Å². The fourth-order valence-corrected chi connectivity index (χ4v) is 1.60. The first-order valence-electron chi connectivity index (χ1n) is 5.59. The summed E-state index contributed by atoms with van der Waals surface area (Å²) in [6.45, 7) is 5.44. The molecule has 1 saturated heterocycles. The third kappa shape index (κ3) is 6.02. The standard InChI is InChI=1S/C10H20N2O4/c13-9(7-10(14)15)8-11-1-2-12-3-5-16-6-4-12/h9,11,13H,1-8H2,(H,14,15). The Balaban J connectivity index is 1.96. The predicted molar refractivity (Wildman–Crippen MR) is 58.4 cm³/mol. The van der Waals surface area contributed by atoms with Gasteiger partial charge in [0.2, 0.25) is 0 Å². The fourth-order valence-electron chi connectivity index (χ4n) is 1.60. The maximum atomic E-state index is 10.3. The summed E-state index contributed by atoms with van der Waals surface area (Å²) in [6, 6.07) is 0. The van der Waals surface area contributed by atoms with Gasteiger partial charge in [0, 0.05) is 32.7 Å². The quantitative estimate of drug-likeness (QED) is 0.476. The number of ether oxygens (including phenoxy) is 1. The Kier molecular flexibility index (Phi) is 6.32. The molecule has 0 aromatic heterocycles. The molecule has 0 saturated carbocycles. The largest absolute Gasteiger partial charge is 0.481 e. The van der Waals surface area contributed by atoms with Crippen LogP contribution in [0.15, 0.2) is 0 Å². The zero-order chi connectivity index (χ0) is 11.8. The summed E-state index contributed by atoms with van der Waals surface area (Å²) < 4.78 is 5.22. The summed E-state index contributed by atoms with van der Waals surface area (Å²) in [7, 11) is 0. The van der Waals surface area contributed by atoms with Crippen molar-refractivity contribution in [3.8, 4) is 0 Å². The maximum absolute atomic E-state index is 10.3. The van der Waals surface area contributed by atoms with Crippen molar-refractivity contribution < 1.29 is 19.7 Å². The molecule has 3 N–H and O–H groups in total.